The van der Waals surface area contributed by atoms with Gasteiger partial charge < -0.3 is 35.9 Å². The lowest BCUT2D eigenvalue weighted by molar-refractivity contribution is -0.628. The summed E-state index contributed by atoms with van der Waals surface area (Å²) in [6.07, 6.45) is -15.2. The van der Waals surface area contributed by atoms with Crippen LogP contribution in [0.25, 0.3) is 0 Å². The van der Waals surface area contributed by atoms with Crippen LogP contribution in [-0.2, 0) is 4.79 Å². The van der Waals surface area contributed by atoms with E-state index >= 15 is 0 Å². The molecular formula is C24H40N2O5S5. The number of carboxylic acids is 1. The first-order chi connectivity index (χ1) is 24.3. The van der Waals surface area contributed by atoms with E-state index in [0.717, 1.165) is 0 Å². The predicted molar refractivity (Wildman–Crippen MR) is 162 cm³/mol. The van der Waals surface area contributed by atoms with Gasteiger partial charge in [0.15, 0.2) is 0 Å². The van der Waals surface area contributed by atoms with Gasteiger partial charge in [-0.1, -0.05) is 42.4 Å². The minimum absolute atomic E-state index is 0. The van der Waals surface area contributed by atoms with Gasteiger partial charge in [-0.2, -0.15) is 40.5 Å². The van der Waals surface area contributed by atoms with Crippen LogP contribution < -0.4 is 15.7 Å². The van der Waals surface area contributed by atoms with Gasteiger partial charge in [-0.3, -0.25) is 0 Å². The van der Waals surface area contributed by atoms with Crippen molar-refractivity contribution >= 4 is 69.1 Å². The average Bonchev–Trinajstić information content (AvgIpc) is 3.43. The minimum atomic E-state index is -3.49. The van der Waals surface area contributed by atoms with Crippen molar-refractivity contribution in [2.45, 2.75) is 31.0 Å². The zero-order valence-corrected chi connectivity index (χ0v) is 22.6. The Morgan fingerprint density at radius 2 is 1.64 bits per heavy atom. The summed E-state index contributed by atoms with van der Waals surface area (Å²) in [5.41, 5.74) is 0.340. The first-order valence-electron chi connectivity index (χ1n) is 19.5. The Kier molecular flexibility index (Phi) is 9.33. The molecule has 36 heavy (non-hydrogen) atoms. The lowest BCUT2D eigenvalue weighted by Gasteiger charge is -2.10. The molecule has 0 unspecified atom stereocenters. The Balaban J connectivity index is -0.000000801. The molecule has 0 amide bonds. The Hall–Kier alpha value is -1.06. The highest BCUT2D eigenvalue weighted by Crippen LogP contribution is 2.21. The molecule has 3 aromatic rings. The van der Waals surface area contributed by atoms with E-state index in [1.807, 2.05) is 0 Å². The zero-order valence-electron chi connectivity index (χ0n) is 40.0. The number of rotatable bonds is 10. The molecule has 1 aromatic carbocycles. The normalized spacial score (nSPS) is 24.9. The minimum Gasteiger partial charge on any atom is -0.547 e. The number of thiophene rings is 2. The molecule has 3 rings (SSSR count). The smallest absolute Gasteiger partial charge is 0.118 e. The number of carbonyl (C=O) groups is 1. The molecule has 0 saturated heterocycles. The molecule has 0 radical (unpaired) electrons. The number of carbonyl (C=O) groups excluding carboxylic acids is 1. The number of hydrogen-bond acceptors (Lipinski definition) is 8. The SMILES string of the molecule is O=C([O-])[C@@H](O)c1ccccc1.S.S.S.[2H]c1sc([C@@]([2H])(O)C([2H])([2H])C([2H])([2H])NC([2H])([2H])[2H])c([2H])c1[2H].[2H]c1sc([C@@]([2H])(O)C([2H])([2H])C([2H])([2H])[NH2+]C([2H])([2H])[2H])c([2H])c1[2H]. The molecule has 0 aliphatic carbocycles. The maximum atomic E-state index is 10.1. The van der Waals surface area contributed by atoms with Crippen LogP contribution >= 0.6 is 63.2 Å². The van der Waals surface area contributed by atoms with E-state index < -0.39 is 109 Å². The summed E-state index contributed by atoms with van der Waals surface area (Å²) in [5, 5.41) is 39.8. The number of carboxylic acid groups (broad SMARTS) is 1. The quantitative estimate of drug-likeness (QED) is 0.235. The van der Waals surface area contributed by atoms with Gasteiger partial charge in [-0.05, 0) is 48.2 Å². The number of aliphatic carboxylic acids is 1. The van der Waals surface area contributed by atoms with E-state index in [9.17, 15) is 20.1 Å². The number of quaternary nitrogens is 1. The van der Waals surface area contributed by atoms with Crippen molar-refractivity contribution in [1.82, 2.24) is 5.32 Å². The van der Waals surface area contributed by atoms with Gasteiger partial charge >= 0.3 is 0 Å². The Morgan fingerprint density at radius 3 is 2.08 bits per heavy atom. The highest BCUT2D eigenvalue weighted by atomic mass is 32.1. The summed E-state index contributed by atoms with van der Waals surface area (Å²) in [6.45, 7) is -12.6. The van der Waals surface area contributed by atoms with Gasteiger partial charge in [0, 0.05) is 28.5 Å². The lowest BCUT2D eigenvalue weighted by Crippen LogP contribution is -2.79. The van der Waals surface area contributed by atoms with Crippen LogP contribution in [0.5, 0.6) is 0 Å². The molecule has 0 aliphatic rings. The van der Waals surface area contributed by atoms with Crippen LogP contribution in [0, 0.1) is 0 Å². The van der Waals surface area contributed by atoms with Crippen molar-refractivity contribution in [3.8, 4) is 0 Å². The maximum absolute atomic E-state index is 10.1. The molecule has 206 valence electrons. The number of hydrogen-bond donors (Lipinski definition) is 5. The van der Waals surface area contributed by atoms with Gasteiger partial charge in [0.25, 0.3) is 0 Å². The van der Waals surface area contributed by atoms with E-state index in [1.54, 1.807) is 18.2 Å². The number of nitrogens with two attached hydrogens (primary N) is 1. The molecule has 6 N–H and O–H groups in total. The summed E-state index contributed by atoms with van der Waals surface area (Å²) < 4.78 is 163. The highest BCUT2D eigenvalue weighted by molar-refractivity contribution is 7.59. The van der Waals surface area contributed by atoms with Crippen LogP contribution in [0.1, 0.15) is 76.5 Å². The number of aliphatic hydroxyl groups is 3. The summed E-state index contributed by atoms with van der Waals surface area (Å²) in [5.74, 6) is -1.48. The second-order valence-electron chi connectivity index (χ2n) is 5.18. The molecule has 7 nitrogen and oxygen atoms in total. The van der Waals surface area contributed by atoms with Crippen molar-refractivity contribution in [3.05, 3.63) is 80.5 Å². The van der Waals surface area contributed by atoms with E-state index in [1.165, 1.54) is 17.4 Å². The van der Waals surface area contributed by atoms with Crippen molar-refractivity contribution in [2.24, 2.45) is 0 Å². The van der Waals surface area contributed by atoms with Gasteiger partial charge in [-0.25, -0.2) is 0 Å². The highest BCUT2D eigenvalue weighted by Gasteiger charge is 2.08. The van der Waals surface area contributed by atoms with Gasteiger partial charge in [0.2, 0.25) is 0 Å². The second-order valence-corrected chi connectivity index (χ2v) is 6.82. The fourth-order valence-corrected chi connectivity index (χ4v) is 2.57. The van der Waals surface area contributed by atoms with E-state index in [0.29, 0.717) is 16.9 Å². The molecule has 0 saturated carbocycles. The molecule has 2 aromatic heterocycles. The van der Waals surface area contributed by atoms with Crippen molar-refractivity contribution in [2.75, 3.05) is 26.9 Å². The number of benzene rings is 1. The summed E-state index contributed by atoms with van der Waals surface area (Å²) in [4.78, 5) is 8.67. The van der Waals surface area contributed by atoms with Gasteiger partial charge in [0.05, 0.1) is 49.4 Å². The second kappa shape index (κ2) is 24.3. The molecule has 0 bridgehead atoms. The van der Waals surface area contributed by atoms with E-state index in [4.69, 9.17) is 35.3 Å². The summed E-state index contributed by atoms with van der Waals surface area (Å²) in [7, 11) is 0. The number of nitrogens with one attached hydrogen (secondary N) is 1. The largest absolute Gasteiger partial charge is 0.547 e. The molecule has 2 heterocycles. The summed E-state index contributed by atoms with van der Waals surface area (Å²) in [6, 6.07) is 5.31. The molecular weight excluding hydrogens is 557 g/mol. The first kappa shape index (κ1) is 13.8. The van der Waals surface area contributed by atoms with E-state index in [-0.39, 0.29) is 57.1 Å². The molecule has 0 fully saturated rings. The zero-order chi connectivity index (χ0) is 43.7. The van der Waals surface area contributed by atoms with Crippen LogP contribution in [0.2, 0.25) is 0 Å². The predicted octanol–water partition coefficient (Wildman–Crippen LogP) is 1.56. The van der Waals surface area contributed by atoms with Gasteiger partial charge in [0.1, 0.15) is 6.10 Å². The standard InChI is InChI=1S/2C8H13NOS.C8H8O3.3H2S/c2*1-9-5-4-7(10)8-3-2-6-11-8;9-7(8(10)11)6-4-2-1-3-5-6;;;/h2*2-3,6-7,9-10H,4-5H2,1H3;1-5,7,9H,(H,10,11);3*1H2/t3*7-;;;/m000.../s1/i2*1D3,2D,3D,4D2,5D2,6D,7D;;;;. The first-order valence-corrected chi connectivity index (χ1v) is 10.1. The van der Waals surface area contributed by atoms with Crippen molar-refractivity contribution in [1.29, 1.82) is 0 Å². The fourth-order valence-electron chi connectivity index (χ4n) is 1.66. The van der Waals surface area contributed by atoms with Gasteiger partial charge in [-0.15, -0.1) is 22.7 Å². The topological polar surface area (TPSA) is 129 Å². The van der Waals surface area contributed by atoms with Crippen LogP contribution in [0.4, 0.5) is 0 Å². The van der Waals surface area contributed by atoms with E-state index in [2.05, 4.69) is 0 Å². The molecule has 3 atom stereocenters. The fraction of sp³-hybridized carbons (Fsp3) is 0.375. The maximum Gasteiger partial charge on any atom is 0.118 e. The lowest BCUT2D eigenvalue weighted by atomic mass is 10.1. The molecule has 12 heteroatoms. The third-order valence-electron chi connectivity index (χ3n) is 3.04. The number of aliphatic hydroxyl groups excluding tert-OH is 1. The molecule has 0 spiro atoms. The Morgan fingerprint density at radius 1 is 1.08 bits per heavy atom. The van der Waals surface area contributed by atoms with Crippen molar-refractivity contribution < 1.29 is 60.7 Å². The third kappa shape index (κ3) is 16.6. The Bertz CT molecular complexity index is 1690. The monoisotopic (exact) mass is 618 g/mol. The summed E-state index contributed by atoms with van der Waals surface area (Å²) >= 11 is 0.590. The Labute approximate surface area is 273 Å². The van der Waals surface area contributed by atoms with Crippen LogP contribution in [-0.4, -0.2) is 48.2 Å². The molecule has 0 aliphatic heterocycles. The third-order valence-corrected chi connectivity index (χ3v) is 4.44. The average molecular weight is 619 g/mol. The van der Waals surface area contributed by atoms with Crippen molar-refractivity contribution in [3.63, 3.8) is 0 Å². The van der Waals surface area contributed by atoms with Crippen LogP contribution in [0.3, 0.4) is 0 Å². The van der Waals surface area contributed by atoms with Crippen LogP contribution in [0.15, 0.2) is 65.2 Å².